The van der Waals surface area contributed by atoms with Crippen molar-refractivity contribution in [2.75, 3.05) is 6.61 Å². The van der Waals surface area contributed by atoms with Gasteiger partial charge in [0.1, 0.15) is 5.54 Å². The third-order valence-corrected chi connectivity index (χ3v) is 5.93. The van der Waals surface area contributed by atoms with E-state index in [9.17, 15) is 14.7 Å². The van der Waals surface area contributed by atoms with E-state index >= 15 is 0 Å². The molecule has 3 rings (SSSR count). The summed E-state index contributed by atoms with van der Waals surface area (Å²) in [5.41, 5.74) is 1.07. The van der Waals surface area contributed by atoms with Gasteiger partial charge >= 0.3 is 5.97 Å². The average Bonchev–Trinajstić information content (AvgIpc) is 3.15. The van der Waals surface area contributed by atoms with Gasteiger partial charge in [-0.05, 0) is 31.0 Å². The molecule has 6 nitrogen and oxygen atoms in total. The van der Waals surface area contributed by atoms with Gasteiger partial charge in [0.05, 0.1) is 6.10 Å². The largest absolute Gasteiger partial charge is 0.479 e. The van der Waals surface area contributed by atoms with E-state index in [1.54, 1.807) is 0 Å². The molecule has 150 valence electrons. The molecule has 0 saturated heterocycles. The molecule has 0 spiro atoms. The van der Waals surface area contributed by atoms with Crippen molar-refractivity contribution in [1.82, 2.24) is 10.3 Å². The van der Waals surface area contributed by atoms with Gasteiger partial charge in [0.2, 0.25) is 5.91 Å². The molecule has 1 aliphatic rings. The maximum absolute atomic E-state index is 12.5. The highest BCUT2D eigenvalue weighted by atomic mass is 16.5. The van der Waals surface area contributed by atoms with Crippen molar-refractivity contribution < 1.29 is 19.4 Å². The molecule has 1 saturated carbocycles. The Morgan fingerprint density at radius 3 is 2.54 bits per heavy atom. The lowest BCUT2D eigenvalue weighted by molar-refractivity contribution is -0.194. The third-order valence-electron chi connectivity index (χ3n) is 5.93. The third kappa shape index (κ3) is 3.56. The SMILES string of the molecule is CCOC1CC(NC(=O)CCc2ccc(-c3ccccc3)[nH]2)(C(=O)O)C1(C)C. The number of benzene rings is 1. The quantitative estimate of drug-likeness (QED) is 0.651. The summed E-state index contributed by atoms with van der Waals surface area (Å²) in [6.45, 7) is 6.08. The van der Waals surface area contributed by atoms with Gasteiger partial charge in [0, 0.05) is 36.3 Å². The van der Waals surface area contributed by atoms with Crippen LogP contribution < -0.4 is 5.32 Å². The number of hydrogen-bond acceptors (Lipinski definition) is 3. The zero-order valence-corrected chi connectivity index (χ0v) is 16.6. The molecule has 1 aliphatic carbocycles. The second-order valence-electron chi connectivity index (χ2n) is 7.89. The van der Waals surface area contributed by atoms with Crippen LogP contribution in [0.4, 0.5) is 0 Å². The summed E-state index contributed by atoms with van der Waals surface area (Å²) in [5, 5.41) is 12.6. The topological polar surface area (TPSA) is 91.4 Å². The van der Waals surface area contributed by atoms with Crippen LogP contribution in [0.1, 0.15) is 39.3 Å². The molecule has 1 aromatic carbocycles. The lowest BCUT2D eigenvalue weighted by atomic mass is 9.54. The van der Waals surface area contributed by atoms with Crippen LogP contribution in [0.5, 0.6) is 0 Å². The first-order valence-electron chi connectivity index (χ1n) is 9.69. The lowest BCUT2D eigenvalue weighted by Gasteiger charge is -2.58. The number of carbonyl (C=O) groups is 2. The molecule has 1 fully saturated rings. The molecule has 6 heteroatoms. The van der Waals surface area contributed by atoms with Gasteiger partial charge in [-0.3, -0.25) is 4.79 Å². The number of rotatable bonds is 8. The molecular weight excluding hydrogens is 356 g/mol. The molecule has 2 aromatic rings. The number of carboxylic acid groups (broad SMARTS) is 1. The molecule has 0 aliphatic heterocycles. The van der Waals surface area contributed by atoms with Crippen LogP contribution in [0.15, 0.2) is 42.5 Å². The first-order valence-corrected chi connectivity index (χ1v) is 9.69. The van der Waals surface area contributed by atoms with Crippen molar-refractivity contribution in [2.24, 2.45) is 5.41 Å². The summed E-state index contributed by atoms with van der Waals surface area (Å²) in [4.78, 5) is 27.8. The highest BCUT2D eigenvalue weighted by Crippen LogP contribution is 2.51. The minimum atomic E-state index is -1.28. The molecule has 28 heavy (non-hydrogen) atoms. The van der Waals surface area contributed by atoms with Crippen LogP contribution >= 0.6 is 0 Å². The molecule has 0 radical (unpaired) electrons. The van der Waals surface area contributed by atoms with Gasteiger partial charge in [0.15, 0.2) is 0 Å². The van der Waals surface area contributed by atoms with E-state index in [4.69, 9.17) is 4.74 Å². The molecule has 1 aromatic heterocycles. The Kier molecular flexibility index (Phi) is 5.61. The predicted octanol–water partition coefficient (Wildman–Crippen LogP) is 3.39. The van der Waals surface area contributed by atoms with Crippen molar-refractivity contribution >= 4 is 11.9 Å². The van der Waals surface area contributed by atoms with Gasteiger partial charge in [-0.2, -0.15) is 0 Å². The molecule has 0 bridgehead atoms. The van der Waals surface area contributed by atoms with Crippen molar-refractivity contribution in [1.29, 1.82) is 0 Å². The number of ether oxygens (including phenoxy) is 1. The maximum Gasteiger partial charge on any atom is 0.330 e. The van der Waals surface area contributed by atoms with Crippen LogP contribution in [0.3, 0.4) is 0 Å². The van der Waals surface area contributed by atoms with Crippen molar-refractivity contribution in [2.45, 2.75) is 51.7 Å². The van der Waals surface area contributed by atoms with Crippen molar-refractivity contribution in [3.8, 4) is 11.3 Å². The predicted molar refractivity (Wildman–Crippen MR) is 107 cm³/mol. The lowest BCUT2D eigenvalue weighted by Crippen LogP contribution is -2.76. The molecule has 3 N–H and O–H groups in total. The summed E-state index contributed by atoms with van der Waals surface area (Å²) in [5.74, 6) is -1.27. The Bertz CT molecular complexity index is 843. The highest BCUT2D eigenvalue weighted by Gasteiger charge is 2.66. The molecule has 1 amide bonds. The van der Waals surface area contributed by atoms with Crippen LogP contribution in [-0.2, 0) is 20.7 Å². The zero-order valence-electron chi connectivity index (χ0n) is 16.6. The number of carboxylic acids is 1. The van der Waals surface area contributed by atoms with Crippen LogP contribution in [0, 0.1) is 5.41 Å². The van der Waals surface area contributed by atoms with E-state index in [1.165, 1.54) is 0 Å². The zero-order chi connectivity index (χ0) is 20.4. The second-order valence-corrected chi connectivity index (χ2v) is 7.89. The standard InChI is InChI=1S/C22H28N2O4/c1-4-28-18-14-22(20(26)27,21(18,2)3)24-19(25)13-11-16-10-12-17(23-16)15-8-6-5-7-9-15/h5-10,12,18,23H,4,11,13-14H2,1-3H3,(H,24,25)(H,26,27). The van der Waals surface area contributed by atoms with E-state index < -0.39 is 16.9 Å². The fourth-order valence-corrected chi connectivity index (χ4v) is 3.96. The fraction of sp³-hybridized carbons (Fsp3) is 0.455. The number of amides is 1. The fourth-order valence-electron chi connectivity index (χ4n) is 3.96. The number of aromatic nitrogens is 1. The Morgan fingerprint density at radius 1 is 1.21 bits per heavy atom. The summed E-state index contributed by atoms with van der Waals surface area (Å²) < 4.78 is 5.63. The maximum atomic E-state index is 12.5. The minimum Gasteiger partial charge on any atom is -0.479 e. The second kappa shape index (κ2) is 7.80. The first-order chi connectivity index (χ1) is 13.3. The Balaban J connectivity index is 1.61. The Labute approximate surface area is 165 Å². The van der Waals surface area contributed by atoms with Gasteiger partial charge in [0.25, 0.3) is 0 Å². The monoisotopic (exact) mass is 384 g/mol. The van der Waals surface area contributed by atoms with Crippen LogP contribution in [-0.4, -0.2) is 40.2 Å². The van der Waals surface area contributed by atoms with Gasteiger partial charge in [-0.25, -0.2) is 4.79 Å². The first kappa shape index (κ1) is 20.1. The normalized spacial score (nSPS) is 23.0. The summed E-state index contributed by atoms with van der Waals surface area (Å²) in [6.07, 6.45) is 0.851. The molecule has 1 heterocycles. The Hall–Kier alpha value is -2.60. The van der Waals surface area contributed by atoms with Gasteiger partial charge in [-0.15, -0.1) is 0 Å². The van der Waals surface area contributed by atoms with Crippen LogP contribution in [0.2, 0.25) is 0 Å². The number of hydrogen-bond donors (Lipinski definition) is 3. The van der Waals surface area contributed by atoms with E-state index in [0.29, 0.717) is 13.0 Å². The molecule has 2 atom stereocenters. The number of H-pyrrole nitrogens is 1. The van der Waals surface area contributed by atoms with E-state index in [2.05, 4.69) is 10.3 Å². The Morgan fingerprint density at radius 2 is 1.93 bits per heavy atom. The van der Waals surface area contributed by atoms with Crippen molar-refractivity contribution in [3.63, 3.8) is 0 Å². The van der Waals surface area contributed by atoms with Gasteiger partial charge < -0.3 is 20.1 Å². The smallest absolute Gasteiger partial charge is 0.330 e. The number of aryl methyl sites for hydroxylation is 1. The van der Waals surface area contributed by atoms with E-state index in [1.807, 2.05) is 63.2 Å². The average molecular weight is 384 g/mol. The highest BCUT2D eigenvalue weighted by molar-refractivity contribution is 5.89. The molecule has 2 unspecified atom stereocenters. The summed E-state index contributed by atoms with van der Waals surface area (Å²) >= 11 is 0. The number of aliphatic carboxylic acids is 1. The van der Waals surface area contributed by atoms with E-state index in [-0.39, 0.29) is 24.9 Å². The summed E-state index contributed by atoms with van der Waals surface area (Å²) in [7, 11) is 0. The molecular formula is C22H28N2O4. The van der Waals surface area contributed by atoms with Gasteiger partial charge in [-0.1, -0.05) is 44.2 Å². The summed E-state index contributed by atoms with van der Waals surface area (Å²) in [6, 6.07) is 13.9. The number of aromatic amines is 1. The van der Waals surface area contributed by atoms with Crippen LogP contribution in [0.25, 0.3) is 11.3 Å². The van der Waals surface area contributed by atoms with E-state index in [0.717, 1.165) is 17.0 Å². The van der Waals surface area contributed by atoms with Crippen molar-refractivity contribution in [3.05, 3.63) is 48.2 Å². The minimum absolute atomic E-state index is 0.175. The number of nitrogens with one attached hydrogen (secondary N) is 2. The number of carbonyl (C=O) groups excluding carboxylic acids is 1.